The van der Waals surface area contributed by atoms with Gasteiger partial charge in [-0.2, -0.15) is 0 Å². The number of nitrogens with zero attached hydrogens (tertiary/aromatic N) is 5. The molecule has 7 nitrogen and oxygen atoms in total. The maximum atomic E-state index is 12.5. The van der Waals surface area contributed by atoms with Gasteiger partial charge in [0.05, 0.1) is 5.39 Å². The third-order valence-corrected chi connectivity index (χ3v) is 5.52. The number of thiophene rings is 1. The Hall–Kier alpha value is -2.22. The van der Waals surface area contributed by atoms with Gasteiger partial charge in [-0.15, -0.1) is 16.4 Å². The van der Waals surface area contributed by atoms with Crippen LogP contribution in [0.2, 0.25) is 0 Å². The van der Waals surface area contributed by atoms with Crippen molar-refractivity contribution in [1.82, 2.24) is 24.1 Å². The molecule has 0 atom stereocenters. The van der Waals surface area contributed by atoms with Gasteiger partial charge in [-0.3, -0.25) is 4.79 Å². The highest BCUT2D eigenvalue weighted by atomic mass is 32.1. The van der Waals surface area contributed by atoms with E-state index in [0.717, 1.165) is 29.5 Å². The SMILES string of the molecule is CN(C)C(=O)Cn1nc2c3c4c(sc3ncn2c1=O)CCCC4. The third-order valence-electron chi connectivity index (χ3n) is 4.32. The highest BCUT2D eigenvalue weighted by Gasteiger charge is 2.22. The summed E-state index contributed by atoms with van der Waals surface area (Å²) < 4.78 is 2.68. The zero-order chi connectivity index (χ0) is 16.1. The summed E-state index contributed by atoms with van der Waals surface area (Å²) in [5.41, 5.74) is 1.58. The van der Waals surface area contributed by atoms with Crippen LogP contribution >= 0.6 is 11.3 Å². The first-order valence-corrected chi connectivity index (χ1v) is 8.46. The Morgan fingerprint density at radius 3 is 2.91 bits per heavy atom. The van der Waals surface area contributed by atoms with Gasteiger partial charge >= 0.3 is 5.69 Å². The molecule has 0 radical (unpaired) electrons. The van der Waals surface area contributed by atoms with Crippen molar-refractivity contribution in [2.45, 2.75) is 32.2 Å². The van der Waals surface area contributed by atoms with Crippen LogP contribution in [0.1, 0.15) is 23.3 Å². The van der Waals surface area contributed by atoms with Crippen LogP contribution in [0.5, 0.6) is 0 Å². The Kier molecular flexibility index (Phi) is 3.22. The van der Waals surface area contributed by atoms with E-state index in [9.17, 15) is 9.59 Å². The summed E-state index contributed by atoms with van der Waals surface area (Å²) in [5, 5.41) is 5.42. The monoisotopic (exact) mass is 331 g/mol. The normalized spacial score (nSPS) is 14.3. The summed E-state index contributed by atoms with van der Waals surface area (Å²) in [4.78, 5) is 32.5. The van der Waals surface area contributed by atoms with Crippen molar-refractivity contribution in [1.29, 1.82) is 0 Å². The van der Waals surface area contributed by atoms with E-state index in [-0.39, 0.29) is 18.1 Å². The lowest BCUT2D eigenvalue weighted by Gasteiger charge is -2.10. The maximum Gasteiger partial charge on any atom is 0.352 e. The van der Waals surface area contributed by atoms with Gasteiger partial charge in [-0.1, -0.05) is 0 Å². The minimum atomic E-state index is -0.319. The Balaban J connectivity index is 1.94. The summed E-state index contributed by atoms with van der Waals surface area (Å²) in [7, 11) is 3.33. The standard InChI is InChI=1S/C15H17N5O2S/c1-18(2)11(21)7-20-15(22)19-8-16-14-12(13(19)17-20)9-5-3-4-6-10(9)23-14/h8H,3-7H2,1-2H3. The molecule has 0 N–H and O–H groups in total. The molecule has 0 saturated carbocycles. The smallest absolute Gasteiger partial charge is 0.347 e. The second kappa shape index (κ2) is 5.16. The Bertz CT molecular complexity index is 981. The van der Waals surface area contributed by atoms with Crippen molar-refractivity contribution >= 4 is 33.1 Å². The quantitative estimate of drug-likeness (QED) is 0.704. The minimum absolute atomic E-state index is 0.0542. The van der Waals surface area contributed by atoms with Crippen LogP contribution in [0.25, 0.3) is 15.9 Å². The predicted molar refractivity (Wildman–Crippen MR) is 88.0 cm³/mol. The number of aromatic nitrogens is 4. The second-order valence-corrected chi connectivity index (χ2v) is 7.14. The van der Waals surface area contributed by atoms with Gasteiger partial charge in [-0.25, -0.2) is 18.9 Å². The Labute approximate surface area is 136 Å². The highest BCUT2D eigenvalue weighted by molar-refractivity contribution is 7.19. The number of aryl methyl sites for hydroxylation is 2. The molecule has 3 aromatic heterocycles. The highest BCUT2D eigenvalue weighted by Crippen LogP contribution is 2.36. The zero-order valence-corrected chi connectivity index (χ0v) is 13.9. The molecule has 0 saturated heterocycles. The van der Waals surface area contributed by atoms with Gasteiger partial charge in [-0.05, 0) is 31.2 Å². The summed E-state index contributed by atoms with van der Waals surface area (Å²) >= 11 is 1.70. The van der Waals surface area contributed by atoms with Crippen LogP contribution in [0.3, 0.4) is 0 Å². The van der Waals surface area contributed by atoms with Gasteiger partial charge in [0, 0.05) is 19.0 Å². The van der Waals surface area contributed by atoms with E-state index < -0.39 is 0 Å². The molecule has 0 spiro atoms. The first-order valence-electron chi connectivity index (χ1n) is 7.65. The molecular formula is C15H17N5O2S. The molecule has 0 unspecified atom stereocenters. The van der Waals surface area contributed by atoms with Crippen LogP contribution in [-0.2, 0) is 24.2 Å². The Morgan fingerprint density at radius 1 is 1.35 bits per heavy atom. The van der Waals surface area contributed by atoms with Gasteiger partial charge in [0.15, 0.2) is 5.65 Å². The predicted octanol–water partition coefficient (Wildman–Crippen LogP) is 1.07. The molecule has 0 fully saturated rings. The molecule has 1 amide bonds. The average molecular weight is 331 g/mol. The average Bonchev–Trinajstić information content (AvgIpc) is 3.05. The van der Waals surface area contributed by atoms with Gasteiger partial charge in [0.25, 0.3) is 0 Å². The van der Waals surface area contributed by atoms with E-state index in [1.165, 1.54) is 37.2 Å². The van der Waals surface area contributed by atoms with E-state index in [2.05, 4.69) is 10.1 Å². The number of carbonyl (C=O) groups is 1. The first-order chi connectivity index (χ1) is 11.1. The van der Waals surface area contributed by atoms with Crippen LogP contribution in [0.4, 0.5) is 0 Å². The first kappa shape index (κ1) is 14.4. The van der Waals surface area contributed by atoms with E-state index in [1.54, 1.807) is 25.4 Å². The lowest BCUT2D eigenvalue weighted by Crippen LogP contribution is -2.31. The molecule has 0 aromatic carbocycles. The number of carbonyl (C=O) groups excluding carboxylic acids is 1. The van der Waals surface area contributed by atoms with Crippen molar-refractivity contribution in [2.75, 3.05) is 14.1 Å². The van der Waals surface area contributed by atoms with Gasteiger partial charge in [0.2, 0.25) is 5.91 Å². The molecular weight excluding hydrogens is 314 g/mol. The van der Waals surface area contributed by atoms with Gasteiger partial charge in [0.1, 0.15) is 17.7 Å². The van der Waals surface area contributed by atoms with Crippen LogP contribution < -0.4 is 5.69 Å². The molecule has 1 aliphatic carbocycles. The van der Waals surface area contributed by atoms with Crippen molar-refractivity contribution in [3.63, 3.8) is 0 Å². The zero-order valence-electron chi connectivity index (χ0n) is 13.1. The van der Waals surface area contributed by atoms with Crippen molar-refractivity contribution in [3.05, 3.63) is 27.3 Å². The molecule has 3 aromatic rings. The van der Waals surface area contributed by atoms with Crippen LogP contribution in [0, 0.1) is 0 Å². The number of fused-ring (bicyclic) bond motifs is 5. The van der Waals surface area contributed by atoms with E-state index >= 15 is 0 Å². The number of likely N-dealkylation sites (N-methyl/N-ethyl adjacent to an activating group) is 1. The number of hydrogen-bond acceptors (Lipinski definition) is 5. The summed E-state index contributed by atoms with van der Waals surface area (Å²) in [6.45, 7) is -0.0542. The number of amides is 1. The van der Waals surface area contributed by atoms with Crippen molar-refractivity contribution < 1.29 is 4.79 Å². The molecule has 4 rings (SSSR count). The lowest BCUT2D eigenvalue weighted by atomic mass is 9.97. The topological polar surface area (TPSA) is 72.5 Å². The summed E-state index contributed by atoms with van der Waals surface area (Å²) in [6.07, 6.45) is 5.96. The molecule has 8 heteroatoms. The largest absolute Gasteiger partial charge is 0.352 e. The van der Waals surface area contributed by atoms with E-state index in [0.29, 0.717) is 5.65 Å². The minimum Gasteiger partial charge on any atom is -0.347 e. The molecule has 23 heavy (non-hydrogen) atoms. The van der Waals surface area contributed by atoms with Gasteiger partial charge < -0.3 is 4.90 Å². The number of hydrogen-bond donors (Lipinski definition) is 0. The molecule has 1 aliphatic rings. The summed E-state index contributed by atoms with van der Waals surface area (Å²) in [6, 6.07) is 0. The van der Waals surface area contributed by atoms with Crippen LogP contribution in [-0.4, -0.2) is 44.1 Å². The molecule has 3 heterocycles. The third kappa shape index (κ3) is 2.16. The Morgan fingerprint density at radius 2 is 2.13 bits per heavy atom. The fourth-order valence-corrected chi connectivity index (χ4v) is 4.27. The lowest BCUT2D eigenvalue weighted by molar-refractivity contribution is -0.129. The molecule has 120 valence electrons. The fraction of sp³-hybridized carbons (Fsp3) is 0.467. The van der Waals surface area contributed by atoms with E-state index in [4.69, 9.17) is 0 Å². The van der Waals surface area contributed by atoms with Crippen LogP contribution in [0.15, 0.2) is 11.1 Å². The van der Waals surface area contributed by atoms with E-state index in [1.807, 2.05) is 0 Å². The molecule has 0 bridgehead atoms. The number of rotatable bonds is 2. The maximum absolute atomic E-state index is 12.5. The van der Waals surface area contributed by atoms with Crippen molar-refractivity contribution in [3.8, 4) is 0 Å². The summed E-state index contributed by atoms with van der Waals surface area (Å²) in [5.74, 6) is -0.160. The molecule has 0 aliphatic heterocycles. The second-order valence-electron chi connectivity index (χ2n) is 6.06. The van der Waals surface area contributed by atoms with Crippen molar-refractivity contribution in [2.24, 2.45) is 0 Å². The fourth-order valence-electron chi connectivity index (χ4n) is 3.05.